The highest BCUT2D eigenvalue weighted by atomic mass is 35.5. The summed E-state index contributed by atoms with van der Waals surface area (Å²) in [7, 11) is 3.83. The molecule has 0 amide bonds. The SMILES string of the molecule is OC(CCl)CN1CCSSCC1. The number of halogens is 1. The van der Waals surface area contributed by atoms with Crippen molar-refractivity contribution in [2.45, 2.75) is 6.10 Å². The van der Waals surface area contributed by atoms with Gasteiger partial charge >= 0.3 is 0 Å². The van der Waals surface area contributed by atoms with Crippen molar-refractivity contribution >= 4 is 33.2 Å². The topological polar surface area (TPSA) is 23.5 Å². The lowest BCUT2D eigenvalue weighted by Crippen LogP contribution is -2.35. The Bertz CT molecular complexity index is 120. The number of alkyl halides is 1. The van der Waals surface area contributed by atoms with Crippen LogP contribution in [0.4, 0.5) is 0 Å². The zero-order valence-electron chi connectivity index (χ0n) is 6.91. The van der Waals surface area contributed by atoms with Gasteiger partial charge < -0.3 is 5.11 Å². The Morgan fingerprint density at radius 3 is 2.42 bits per heavy atom. The van der Waals surface area contributed by atoms with Crippen LogP contribution >= 0.6 is 33.2 Å². The summed E-state index contributed by atoms with van der Waals surface area (Å²) in [6, 6.07) is 0. The van der Waals surface area contributed by atoms with Gasteiger partial charge in [-0.25, -0.2) is 0 Å². The van der Waals surface area contributed by atoms with E-state index in [0.717, 1.165) is 31.1 Å². The Labute approximate surface area is 86.4 Å². The van der Waals surface area contributed by atoms with Crippen molar-refractivity contribution in [2.75, 3.05) is 37.0 Å². The second-order valence-electron chi connectivity index (χ2n) is 2.75. The molecule has 1 N–H and O–H groups in total. The smallest absolute Gasteiger partial charge is 0.0802 e. The maximum atomic E-state index is 9.31. The normalized spacial score (nSPS) is 23.5. The van der Waals surface area contributed by atoms with Crippen molar-refractivity contribution in [1.82, 2.24) is 4.90 Å². The molecule has 1 unspecified atom stereocenters. The first-order chi connectivity index (χ1) is 5.83. The summed E-state index contributed by atoms with van der Waals surface area (Å²) in [4.78, 5) is 2.28. The van der Waals surface area contributed by atoms with E-state index in [-0.39, 0.29) is 6.10 Å². The Kier molecular flexibility index (Phi) is 5.84. The van der Waals surface area contributed by atoms with E-state index in [0.29, 0.717) is 5.88 Å². The summed E-state index contributed by atoms with van der Waals surface area (Å²) in [5.74, 6) is 2.65. The maximum absolute atomic E-state index is 9.31. The minimum atomic E-state index is -0.361. The number of hydrogen-bond acceptors (Lipinski definition) is 4. The zero-order valence-corrected chi connectivity index (χ0v) is 9.30. The van der Waals surface area contributed by atoms with E-state index < -0.39 is 0 Å². The van der Waals surface area contributed by atoms with Crippen LogP contribution in [0.5, 0.6) is 0 Å². The lowest BCUT2D eigenvalue weighted by Gasteiger charge is -2.21. The fourth-order valence-electron chi connectivity index (χ4n) is 1.09. The van der Waals surface area contributed by atoms with Crippen molar-refractivity contribution in [3.63, 3.8) is 0 Å². The second kappa shape index (κ2) is 6.38. The van der Waals surface area contributed by atoms with Gasteiger partial charge in [0.05, 0.1) is 6.10 Å². The summed E-state index contributed by atoms with van der Waals surface area (Å²) in [5, 5.41) is 9.31. The lowest BCUT2D eigenvalue weighted by atomic mass is 10.3. The van der Waals surface area contributed by atoms with Crippen molar-refractivity contribution < 1.29 is 5.11 Å². The average molecular weight is 228 g/mol. The molecule has 0 spiro atoms. The molecule has 0 saturated carbocycles. The molecular formula is C7H14ClNOS2. The van der Waals surface area contributed by atoms with Gasteiger partial charge in [-0.3, -0.25) is 4.90 Å². The number of hydrogen-bond donors (Lipinski definition) is 1. The van der Waals surface area contributed by atoms with Gasteiger partial charge in [-0.1, -0.05) is 21.6 Å². The molecule has 1 aliphatic rings. The molecule has 1 atom stereocenters. The van der Waals surface area contributed by atoms with Crippen molar-refractivity contribution in [1.29, 1.82) is 0 Å². The molecule has 72 valence electrons. The summed E-state index contributed by atoms with van der Waals surface area (Å²) < 4.78 is 0. The van der Waals surface area contributed by atoms with E-state index >= 15 is 0 Å². The number of nitrogens with zero attached hydrogens (tertiary/aromatic N) is 1. The van der Waals surface area contributed by atoms with Gasteiger partial charge in [-0.15, -0.1) is 11.6 Å². The summed E-state index contributed by atoms with van der Waals surface area (Å²) in [5.41, 5.74) is 0. The van der Waals surface area contributed by atoms with E-state index in [1.807, 2.05) is 21.6 Å². The second-order valence-corrected chi connectivity index (χ2v) is 5.76. The molecule has 1 heterocycles. The van der Waals surface area contributed by atoms with Gasteiger partial charge in [-0.2, -0.15) is 0 Å². The highest BCUT2D eigenvalue weighted by molar-refractivity contribution is 8.76. The first-order valence-corrected chi connectivity index (χ1v) is 7.06. The minimum absolute atomic E-state index is 0.344. The fourth-order valence-corrected chi connectivity index (χ4v) is 3.24. The van der Waals surface area contributed by atoms with Crippen LogP contribution < -0.4 is 0 Å². The van der Waals surface area contributed by atoms with Crippen molar-refractivity contribution in [3.05, 3.63) is 0 Å². The largest absolute Gasteiger partial charge is 0.391 e. The molecular weight excluding hydrogens is 214 g/mol. The quantitative estimate of drug-likeness (QED) is 0.580. The molecule has 0 aromatic carbocycles. The molecule has 0 aromatic heterocycles. The first-order valence-electron chi connectivity index (χ1n) is 4.03. The molecule has 1 saturated heterocycles. The van der Waals surface area contributed by atoms with E-state index in [4.69, 9.17) is 11.6 Å². The standard InChI is InChI=1S/C7H14ClNOS2/c8-5-7(10)6-9-1-3-11-12-4-2-9/h7,10H,1-6H2. The lowest BCUT2D eigenvalue weighted by molar-refractivity contribution is 0.137. The molecule has 2 nitrogen and oxygen atoms in total. The van der Waals surface area contributed by atoms with E-state index in [2.05, 4.69) is 4.90 Å². The monoisotopic (exact) mass is 227 g/mol. The Hall–Kier alpha value is 0.910. The van der Waals surface area contributed by atoms with Crippen LogP contribution in [0, 0.1) is 0 Å². The molecule has 1 fully saturated rings. The van der Waals surface area contributed by atoms with Crippen LogP contribution in [0.25, 0.3) is 0 Å². The Morgan fingerprint density at radius 2 is 1.92 bits per heavy atom. The molecule has 0 aliphatic carbocycles. The Morgan fingerprint density at radius 1 is 1.33 bits per heavy atom. The molecule has 0 aromatic rings. The molecule has 1 aliphatic heterocycles. The van der Waals surface area contributed by atoms with E-state index in [1.165, 1.54) is 0 Å². The average Bonchev–Trinajstić information content (AvgIpc) is 2.33. The van der Waals surface area contributed by atoms with Gasteiger partial charge in [0.2, 0.25) is 0 Å². The van der Waals surface area contributed by atoms with E-state index in [1.54, 1.807) is 0 Å². The van der Waals surface area contributed by atoms with Gasteiger partial charge in [0.15, 0.2) is 0 Å². The van der Waals surface area contributed by atoms with Gasteiger partial charge in [0.1, 0.15) is 0 Å². The minimum Gasteiger partial charge on any atom is -0.391 e. The van der Waals surface area contributed by atoms with Crippen LogP contribution in [-0.2, 0) is 0 Å². The summed E-state index contributed by atoms with van der Waals surface area (Å²) >= 11 is 5.52. The van der Waals surface area contributed by atoms with Gasteiger partial charge in [-0.05, 0) is 0 Å². The third-order valence-corrected chi connectivity index (χ3v) is 4.43. The number of aliphatic hydroxyl groups is 1. The highest BCUT2D eigenvalue weighted by Crippen LogP contribution is 2.23. The number of rotatable bonds is 3. The number of aliphatic hydroxyl groups excluding tert-OH is 1. The first kappa shape index (κ1) is 11.0. The van der Waals surface area contributed by atoms with Gasteiger partial charge in [0.25, 0.3) is 0 Å². The van der Waals surface area contributed by atoms with Crippen molar-refractivity contribution in [2.24, 2.45) is 0 Å². The third kappa shape index (κ3) is 4.23. The van der Waals surface area contributed by atoms with Crippen LogP contribution in [0.2, 0.25) is 0 Å². The molecule has 5 heteroatoms. The summed E-state index contributed by atoms with van der Waals surface area (Å²) in [6.45, 7) is 2.88. The predicted molar refractivity (Wildman–Crippen MR) is 58.1 cm³/mol. The maximum Gasteiger partial charge on any atom is 0.0802 e. The highest BCUT2D eigenvalue weighted by Gasteiger charge is 2.12. The van der Waals surface area contributed by atoms with Crippen LogP contribution in [-0.4, -0.2) is 53.1 Å². The third-order valence-electron chi connectivity index (χ3n) is 1.71. The number of β-amino-alcohol motifs (C(OH)–C–C–N with tert-alkyl or cyclic N) is 1. The predicted octanol–water partition coefficient (Wildman–Crippen LogP) is 1.28. The van der Waals surface area contributed by atoms with Crippen LogP contribution in [0.15, 0.2) is 0 Å². The van der Waals surface area contributed by atoms with E-state index in [9.17, 15) is 5.11 Å². The molecule has 0 radical (unpaired) electrons. The zero-order chi connectivity index (χ0) is 8.81. The summed E-state index contributed by atoms with van der Waals surface area (Å²) in [6.07, 6.45) is -0.361. The van der Waals surface area contributed by atoms with Gasteiger partial charge in [0, 0.05) is 37.0 Å². The Balaban J connectivity index is 2.20. The molecule has 1 rings (SSSR count). The molecule has 0 bridgehead atoms. The van der Waals surface area contributed by atoms with Crippen molar-refractivity contribution in [3.8, 4) is 0 Å². The van der Waals surface area contributed by atoms with Crippen LogP contribution in [0.1, 0.15) is 0 Å². The fraction of sp³-hybridized carbons (Fsp3) is 1.00. The van der Waals surface area contributed by atoms with Crippen LogP contribution in [0.3, 0.4) is 0 Å². The molecule has 12 heavy (non-hydrogen) atoms.